The van der Waals surface area contributed by atoms with Crippen molar-refractivity contribution in [2.45, 2.75) is 69.3 Å². The Morgan fingerprint density at radius 3 is 2.00 bits per heavy atom. The lowest BCUT2D eigenvalue weighted by Crippen LogP contribution is -2.49. The van der Waals surface area contributed by atoms with Crippen molar-refractivity contribution in [2.75, 3.05) is 0 Å². The van der Waals surface area contributed by atoms with E-state index in [1.54, 1.807) is 0 Å². The number of nitrogens with one attached hydrogen (secondary N) is 1. The summed E-state index contributed by atoms with van der Waals surface area (Å²) in [5.41, 5.74) is -1.16. The lowest BCUT2D eigenvalue weighted by Gasteiger charge is -2.42. The Bertz CT molecular complexity index is 1230. The highest BCUT2D eigenvalue weighted by Gasteiger charge is 2.41. The predicted molar refractivity (Wildman–Crippen MR) is 131 cm³/mol. The Labute approximate surface area is 217 Å². The van der Waals surface area contributed by atoms with E-state index in [1.165, 1.54) is 6.92 Å². The number of hydrogen-bond acceptors (Lipinski definition) is 2. The zero-order chi connectivity index (χ0) is 27.7. The van der Waals surface area contributed by atoms with Crippen molar-refractivity contribution in [1.82, 2.24) is 10.3 Å². The molecule has 4 rings (SSSR count). The van der Waals surface area contributed by atoms with Crippen molar-refractivity contribution in [1.29, 1.82) is 0 Å². The molecule has 1 unspecified atom stereocenters. The van der Waals surface area contributed by atoms with Crippen LogP contribution in [0.5, 0.6) is 0 Å². The van der Waals surface area contributed by atoms with Crippen LogP contribution in [-0.2, 0) is 22.7 Å². The second-order valence-electron chi connectivity index (χ2n) is 10.0. The maximum Gasteiger partial charge on any atom is 0.416 e. The lowest BCUT2D eigenvalue weighted by molar-refractivity contribution is -0.143. The summed E-state index contributed by atoms with van der Waals surface area (Å²) in [5.74, 6) is -1.64. The minimum Gasteiger partial charge on any atom is -0.346 e. The summed E-state index contributed by atoms with van der Waals surface area (Å²) in [6.45, 7) is 3.23. The number of aromatic nitrogens is 1. The number of halogens is 6. The summed E-state index contributed by atoms with van der Waals surface area (Å²) < 4.78 is 80.3. The van der Waals surface area contributed by atoms with Crippen LogP contribution in [0.2, 0.25) is 0 Å². The Balaban J connectivity index is 1.62. The maximum absolute atomic E-state index is 13.4. The van der Waals surface area contributed by atoms with Crippen LogP contribution in [0.4, 0.5) is 26.3 Å². The second kappa shape index (κ2) is 10.4. The molecule has 1 saturated carbocycles. The third-order valence-electron chi connectivity index (χ3n) is 7.44. The van der Waals surface area contributed by atoms with E-state index in [9.17, 15) is 31.1 Å². The first kappa shape index (κ1) is 27.7. The topological polar surface area (TPSA) is 42.0 Å². The van der Waals surface area contributed by atoms with Gasteiger partial charge in [0.25, 0.3) is 0 Å². The highest BCUT2D eigenvalue weighted by Crippen LogP contribution is 2.44. The van der Waals surface area contributed by atoms with Gasteiger partial charge in [0, 0.05) is 11.9 Å². The summed E-state index contributed by atoms with van der Waals surface area (Å²) in [6, 6.07) is 14.6. The number of aryl methyl sites for hydroxylation is 1. The quantitative estimate of drug-likeness (QED) is 0.338. The van der Waals surface area contributed by atoms with E-state index in [0.29, 0.717) is 25.0 Å². The Hall–Kier alpha value is -3.36. The Morgan fingerprint density at radius 2 is 1.50 bits per heavy atom. The Morgan fingerprint density at radius 1 is 0.921 bits per heavy atom. The third kappa shape index (κ3) is 6.03. The van der Waals surface area contributed by atoms with Crippen molar-refractivity contribution in [3.63, 3.8) is 0 Å². The van der Waals surface area contributed by atoms with Gasteiger partial charge in [-0.1, -0.05) is 36.4 Å². The average molecular weight is 535 g/mol. The van der Waals surface area contributed by atoms with E-state index >= 15 is 0 Å². The molecule has 0 bridgehead atoms. The van der Waals surface area contributed by atoms with Crippen LogP contribution in [-0.4, -0.2) is 10.9 Å². The first-order valence-corrected chi connectivity index (χ1v) is 12.4. The van der Waals surface area contributed by atoms with Crippen LogP contribution in [0.1, 0.15) is 78.0 Å². The van der Waals surface area contributed by atoms with Gasteiger partial charge in [0.1, 0.15) is 0 Å². The van der Waals surface area contributed by atoms with Crippen LogP contribution in [0.25, 0.3) is 0 Å². The van der Waals surface area contributed by atoms with Crippen molar-refractivity contribution in [3.05, 3.63) is 100 Å². The Kier molecular flexibility index (Phi) is 7.59. The molecule has 3 aromatic rings. The molecular formula is C29H28F6N2O. The molecule has 1 N–H and O–H groups in total. The number of carbonyl (C=O) groups is 1. The van der Waals surface area contributed by atoms with Gasteiger partial charge in [0.2, 0.25) is 5.91 Å². The molecule has 1 amide bonds. The first-order valence-electron chi connectivity index (χ1n) is 12.4. The molecule has 38 heavy (non-hydrogen) atoms. The van der Waals surface area contributed by atoms with Gasteiger partial charge in [-0.05, 0) is 86.4 Å². The highest BCUT2D eigenvalue weighted by atomic mass is 19.4. The standard InChI is InChI=1S/C29H28F6N2O/c1-18-8-9-21(17-36-18)20-10-12-27(13-11-20,23-6-4-3-5-7-23)37-26(38)19(2)22-14-24(28(30,31)32)16-25(15-22)29(33,34)35/h3-9,14-17,19-20H,10-13H2,1-2H3,(H,37,38)/t19?,20-,27-. The first-order chi connectivity index (χ1) is 17.8. The molecule has 9 heteroatoms. The van der Waals surface area contributed by atoms with E-state index in [1.807, 2.05) is 55.6 Å². The molecule has 1 heterocycles. The van der Waals surface area contributed by atoms with Gasteiger partial charge in [-0.25, -0.2) is 0 Å². The van der Waals surface area contributed by atoms with Gasteiger partial charge in [-0.3, -0.25) is 9.78 Å². The largest absolute Gasteiger partial charge is 0.416 e. The number of benzene rings is 2. The summed E-state index contributed by atoms with van der Waals surface area (Å²) in [4.78, 5) is 17.8. The monoisotopic (exact) mass is 534 g/mol. The molecule has 1 aliphatic carbocycles. The van der Waals surface area contributed by atoms with Gasteiger partial charge < -0.3 is 5.32 Å². The molecule has 202 valence electrons. The van der Waals surface area contributed by atoms with Crippen LogP contribution < -0.4 is 5.32 Å². The van der Waals surface area contributed by atoms with Gasteiger partial charge in [0.05, 0.1) is 22.6 Å². The SMILES string of the molecule is Cc1ccc([C@H]2CC[C@@](NC(=O)C(C)c3cc(C(F)(F)F)cc(C(F)(F)F)c3)(c3ccccc3)CC2)cn1. The zero-order valence-electron chi connectivity index (χ0n) is 21.0. The van der Waals surface area contributed by atoms with E-state index in [4.69, 9.17) is 0 Å². The van der Waals surface area contributed by atoms with Gasteiger partial charge in [-0.15, -0.1) is 0 Å². The lowest BCUT2D eigenvalue weighted by atomic mass is 9.71. The second-order valence-corrected chi connectivity index (χ2v) is 10.0. The van der Waals surface area contributed by atoms with E-state index < -0.39 is 40.8 Å². The van der Waals surface area contributed by atoms with Gasteiger partial charge >= 0.3 is 12.4 Å². The summed E-state index contributed by atoms with van der Waals surface area (Å²) >= 11 is 0. The number of hydrogen-bond donors (Lipinski definition) is 1. The minimum atomic E-state index is -4.99. The molecule has 3 nitrogen and oxygen atoms in total. The van der Waals surface area contributed by atoms with Crippen LogP contribution in [0.3, 0.4) is 0 Å². The summed E-state index contributed by atoms with van der Waals surface area (Å²) in [6.07, 6.45) is -5.54. The summed E-state index contributed by atoms with van der Waals surface area (Å²) in [7, 11) is 0. The molecule has 0 radical (unpaired) electrons. The third-order valence-corrected chi connectivity index (χ3v) is 7.44. The average Bonchev–Trinajstić information content (AvgIpc) is 2.88. The van der Waals surface area contributed by atoms with E-state index in [-0.39, 0.29) is 17.5 Å². The fourth-order valence-electron chi connectivity index (χ4n) is 5.13. The van der Waals surface area contributed by atoms with Crippen molar-refractivity contribution >= 4 is 5.91 Å². The van der Waals surface area contributed by atoms with Crippen molar-refractivity contribution < 1.29 is 31.1 Å². The molecule has 0 spiro atoms. The molecule has 1 atom stereocenters. The number of carbonyl (C=O) groups excluding carboxylic acids is 1. The molecule has 2 aromatic carbocycles. The van der Waals surface area contributed by atoms with Crippen molar-refractivity contribution in [3.8, 4) is 0 Å². The number of alkyl halides is 6. The summed E-state index contributed by atoms with van der Waals surface area (Å²) in [5, 5.41) is 3.03. The normalized spacial score (nSPS) is 21.1. The highest BCUT2D eigenvalue weighted by molar-refractivity contribution is 5.84. The fourth-order valence-corrected chi connectivity index (χ4v) is 5.13. The molecule has 1 fully saturated rings. The van der Waals surface area contributed by atoms with Gasteiger partial charge in [-0.2, -0.15) is 26.3 Å². The smallest absolute Gasteiger partial charge is 0.346 e. The molecule has 1 aromatic heterocycles. The predicted octanol–water partition coefficient (Wildman–Crippen LogP) is 7.90. The number of amides is 1. The van der Waals surface area contributed by atoms with E-state index in [2.05, 4.69) is 10.3 Å². The number of nitrogens with zero attached hydrogens (tertiary/aromatic N) is 1. The zero-order valence-corrected chi connectivity index (χ0v) is 21.0. The molecule has 0 saturated heterocycles. The van der Waals surface area contributed by atoms with E-state index in [0.717, 1.165) is 29.7 Å². The molecule has 1 aliphatic rings. The fraction of sp³-hybridized carbons (Fsp3) is 0.379. The van der Waals surface area contributed by atoms with Crippen LogP contribution >= 0.6 is 0 Å². The molecular weight excluding hydrogens is 506 g/mol. The molecule has 0 aliphatic heterocycles. The van der Waals surface area contributed by atoms with Gasteiger partial charge in [0.15, 0.2) is 0 Å². The minimum absolute atomic E-state index is 0.0702. The number of rotatable bonds is 5. The van der Waals surface area contributed by atoms with Crippen LogP contribution in [0.15, 0.2) is 66.9 Å². The maximum atomic E-state index is 13.4. The number of pyridine rings is 1. The van der Waals surface area contributed by atoms with Crippen LogP contribution in [0, 0.1) is 6.92 Å². The van der Waals surface area contributed by atoms with Crippen molar-refractivity contribution in [2.24, 2.45) is 0 Å².